The Morgan fingerprint density at radius 2 is 1.79 bits per heavy atom. The van der Waals surface area contributed by atoms with Crippen molar-refractivity contribution in [3.8, 4) is 5.19 Å². The van der Waals surface area contributed by atoms with Crippen LogP contribution in [0, 0.1) is 11.6 Å². The fourth-order valence-electron chi connectivity index (χ4n) is 3.97. The summed E-state index contributed by atoms with van der Waals surface area (Å²) in [7, 11) is -3.58. The SMILES string of the molecule is CCN(CC)S(=O)(=O)c1ccc(C(=O)N2CCC(Oc3nc4c(F)cc(F)cc4s3)CC2)cc1. The molecule has 1 saturated heterocycles. The first kappa shape index (κ1) is 24.5. The zero-order valence-electron chi connectivity index (χ0n) is 18.8. The maximum absolute atomic E-state index is 13.9. The summed E-state index contributed by atoms with van der Waals surface area (Å²) in [4.78, 5) is 18.9. The number of likely N-dealkylation sites (tertiary alicyclic amines) is 1. The van der Waals surface area contributed by atoms with Gasteiger partial charge in [0.2, 0.25) is 10.0 Å². The lowest BCUT2D eigenvalue weighted by atomic mass is 10.1. The van der Waals surface area contributed by atoms with Crippen LogP contribution in [0.15, 0.2) is 41.3 Å². The van der Waals surface area contributed by atoms with Gasteiger partial charge in [-0.1, -0.05) is 25.2 Å². The first-order valence-corrected chi connectivity index (χ1v) is 13.3. The van der Waals surface area contributed by atoms with E-state index >= 15 is 0 Å². The summed E-state index contributed by atoms with van der Waals surface area (Å²) < 4.78 is 60.2. The number of rotatable bonds is 7. The van der Waals surface area contributed by atoms with Gasteiger partial charge < -0.3 is 9.64 Å². The number of piperidine rings is 1. The largest absolute Gasteiger partial charge is 0.467 e. The minimum Gasteiger partial charge on any atom is -0.467 e. The lowest BCUT2D eigenvalue weighted by Crippen LogP contribution is -2.41. The van der Waals surface area contributed by atoms with Gasteiger partial charge in [-0.3, -0.25) is 4.79 Å². The minimum absolute atomic E-state index is 0.0838. The van der Waals surface area contributed by atoms with Crippen LogP contribution in [0.2, 0.25) is 0 Å². The molecule has 182 valence electrons. The van der Waals surface area contributed by atoms with Gasteiger partial charge in [0.05, 0.1) is 9.60 Å². The highest BCUT2D eigenvalue weighted by atomic mass is 32.2. The van der Waals surface area contributed by atoms with E-state index in [0.717, 1.165) is 17.4 Å². The number of sulfonamides is 1. The summed E-state index contributed by atoms with van der Waals surface area (Å²) in [6.45, 7) is 5.22. The van der Waals surface area contributed by atoms with E-state index < -0.39 is 21.7 Å². The normalized spacial score (nSPS) is 15.3. The molecule has 0 N–H and O–H groups in total. The molecule has 7 nitrogen and oxygen atoms in total. The molecule has 34 heavy (non-hydrogen) atoms. The summed E-state index contributed by atoms with van der Waals surface area (Å²) >= 11 is 1.09. The van der Waals surface area contributed by atoms with E-state index in [2.05, 4.69) is 4.98 Å². The summed E-state index contributed by atoms with van der Waals surface area (Å²) in [5, 5.41) is 0.272. The molecule has 1 aliphatic heterocycles. The maximum Gasteiger partial charge on any atom is 0.274 e. The van der Waals surface area contributed by atoms with Crippen LogP contribution < -0.4 is 4.74 Å². The predicted octanol–water partition coefficient (Wildman–Crippen LogP) is 4.29. The van der Waals surface area contributed by atoms with Gasteiger partial charge in [-0.2, -0.15) is 9.29 Å². The van der Waals surface area contributed by atoms with Crippen LogP contribution in [-0.4, -0.2) is 60.8 Å². The van der Waals surface area contributed by atoms with Gasteiger partial charge in [-0.05, 0) is 30.3 Å². The third-order valence-corrected chi connectivity index (χ3v) is 8.79. The Morgan fingerprint density at radius 3 is 2.41 bits per heavy atom. The molecule has 0 spiro atoms. The number of fused-ring (bicyclic) bond motifs is 1. The molecule has 0 atom stereocenters. The second kappa shape index (κ2) is 9.93. The first-order valence-electron chi connectivity index (χ1n) is 11.0. The molecule has 1 aromatic heterocycles. The molecule has 4 rings (SSSR count). The number of nitrogens with zero attached hydrogens (tertiary/aromatic N) is 3. The molecule has 0 bridgehead atoms. The fourth-order valence-corrected chi connectivity index (χ4v) is 6.35. The molecule has 1 aliphatic rings. The number of benzene rings is 2. The van der Waals surface area contributed by atoms with Gasteiger partial charge in [0.25, 0.3) is 11.1 Å². The van der Waals surface area contributed by atoms with Crippen molar-refractivity contribution in [2.75, 3.05) is 26.2 Å². The Bertz CT molecular complexity index is 1280. The highest BCUT2D eigenvalue weighted by molar-refractivity contribution is 7.89. The van der Waals surface area contributed by atoms with Crippen LogP contribution in [-0.2, 0) is 10.0 Å². The number of carbonyl (C=O) groups is 1. The molecule has 0 radical (unpaired) electrons. The Hall–Kier alpha value is -2.63. The van der Waals surface area contributed by atoms with Gasteiger partial charge >= 0.3 is 0 Å². The molecule has 0 unspecified atom stereocenters. The zero-order chi connectivity index (χ0) is 24.5. The van der Waals surface area contributed by atoms with Crippen LogP contribution in [0.3, 0.4) is 0 Å². The van der Waals surface area contributed by atoms with Gasteiger partial charge in [-0.15, -0.1) is 0 Å². The van der Waals surface area contributed by atoms with Crippen LogP contribution >= 0.6 is 11.3 Å². The van der Waals surface area contributed by atoms with Gasteiger partial charge in [0, 0.05) is 50.7 Å². The summed E-state index contributed by atoms with van der Waals surface area (Å²) in [6, 6.07) is 8.02. The van der Waals surface area contributed by atoms with E-state index in [9.17, 15) is 22.0 Å². The number of aromatic nitrogens is 1. The van der Waals surface area contributed by atoms with Gasteiger partial charge in [-0.25, -0.2) is 17.2 Å². The number of thiazole rings is 1. The average molecular weight is 510 g/mol. The van der Waals surface area contributed by atoms with Crippen molar-refractivity contribution in [3.63, 3.8) is 0 Å². The zero-order valence-corrected chi connectivity index (χ0v) is 20.5. The van der Waals surface area contributed by atoms with E-state index in [0.29, 0.717) is 49.3 Å². The second-order valence-corrected chi connectivity index (χ2v) is 10.9. The number of ether oxygens (including phenoxy) is 1. The molecule has 0 saturated carbocycles. The van der Waals surface area contributed by atoms with Crippen molar-refractivity contribution in [2.24, 2.45) is 0 Å². The Balaban J connectivity index is 1.37. The van der Waals surface area contributed by atoms with E-state index in [4.69, 9.17) is 4.74 Å². The van der Waals surface area contributed by atoms with Crippen molar-refractivity contribution in [1.82, 2.24) is 14.2 Å². The Kier molecular flexibility index (Phi) is 7.15. The average Bonchev–Trinajstić information content (AvgIpc) is 3.22. The second-order valence-electron chi connectivity index (χ2n) is 7.94. The van der Waals surface area contributed by atoms with E-state index in [1.165, 1.54) is 34.6 Å². The first-order chi connectivity index (χ1) is 16.2. The van der Waals surface area contributed by atoms with Crippen molar-refractivity contribution in [1.29, 1.82) is 0 Å². The van der Waals surface area contributed by atoms with E-state index in [1.54, 1.807) is 18.7 Å². The van der Waals surface area contributed by atoms with Crippen LogP contribution in [0.25, 0.3) is 10.2 Å². The quantitative estimate of drug-likeness (QED) is 0.475. The Morgan fingerprint density at radius 1 is 1.15 bits per heavy atom. The number of carbonyl (C=O) groups excluding carboxylic acids is 1. The molecule has 0 aliphatic carbocycles. The summed E-state index contributed by atoms with van der Waals surface area (Å²) in [5.41, 5.74) is 0.502. The van der Waals surface area contributed by atoms with E-state index in [1.807, 2.05) is 0 Å². The number of amides is 1. The molecule has 2 aromatic carbocycles. The van der Waals surface area contributed by atoms with Gasteiger partial charge in [0.1, 0.15) is 17.4 Å². The molecular formula is C23H25F2N3O4S2. The minimum atomic E-state index is -3.58. The number of hydrogen-bond acceptors (Lipinski definition) is 6. The Labute approximate surface area is 201 Å². The number of halogens is 2. The standard InChI is InChI=1S/C23H25F2N3O4S2/c1-3-28(4-2)34(30,31)18-7-5-15(6-8-18)22(29)27-11-9-17(10-12-27)32-23-26-21-19(25)13-16(24)14-20(21)33-23/h5-8,13-14,17H,3-4,9-12H2,1-2H3. The fraction of sp³-hybridized carbons (Fsp3) is 0.391. The van der Waals surface area contributed by atoms with Crippen molar-refractivity contribution in [3.05, 3.63) is 53.6 Å². The summed E-state index contributed by atoms with van der Waals surface area (Å²) in [5.74, 6) is -1.56. The van der Waals surface area contributed by atoms with Crippen LogP contribution in [0.1, 0.15) is 37.0 Å². The summed E-state index contributed by atoms with van der Waals surface area (Å²) in [6.07, 6.45) is 0.930. The van der Waals surface area contributed by atoms with E-state index in [-0.39, 0.29) is 27.6 Å². The molecule has 3 aromatic rings. The third-order valence-electron chi connectivity index (χ3n) is 5.83. The maximum atomic E-state index is 13.9. The lowest BCUT2D eigenvalue weighted by molar-refractivity contribution is 0.0595. The third kappa shape index (κ3) is 4.91. The number of hydrogen-bond donors (Lipinski definition) is 0. The van der Waals surface area contributed by atoms with Crippen molar-refractivity contribution >= 4 is 37.5 Å². The van der Waals surface area contributed by atoms with Crippen LogP contribution in [0.4, 0.5) is 8.78 Å². The molecule has 1 fully saturated rings. The topological polar surface area (TPSA) is 79.8 Å². The van der Waals surface area contributed by atoms with Crippen molar-refractivity contribution < 1.29 is 26.7 Å². The molecular weight excluding hydrogens is 484 g/mol. The molecule has 11 heteroatoms. The van der Waals surface area contributed by atoms with Crippen molar-refractivity contribution in [2.45, 2.75) is 37.7 Å². The molecule has 2 heterocycles. The highest BCUT2D eigenvalue weighted by Crippen LogP contribution is 2.32. The lowest BCUT2D eigenvalue weighted by Gasteiger charge is -2.31. The van der Waals surface area contributed by atoms with Crippen LogP contribution in [0.5, 0.6) is 5.19 Å². The smallest absolute Gasteiger partial charge is 0.274 e. The van der Waals surface area contributed by atoms with Gasteiger partial charge in [0.15, 0.2) is 5.82 Å². The molecule has 1 amide bonds. The monoisotopic (exact) mass is 509 g/mol. The highest BCUT2D eigenvalue weighted by Gasteiger charge is 2.27. The predicted molar refractivity (Wildman–Crippen MR) is 126 cm³/mol.